The number of rotatable bonds is 1. The van der Waals surface area contributed by atoms with Crippen molar-refractivity contribution < 1.29 is 13.2 Å². The summed E-state index contributed by atoms with van der Waals surface area (Å²) >= 11 is 0. The van der Waals surface area contributed by atoms with Crippen LogP contribution < -0.4 is 4.90 Å². The van der Waals surface area contributed by atoms with Gasteiger partial charge in [-0.25, -0.2) is 0 Å². The zero-order valence-electron chi connectivity index (χ0n) is 9.96. The summed E-state index contributed by atoms with van der Waals surface area (Å²) in [7, 11) is 0. The molecule has 0 spiro atoms. The van der Waals surface area contributed by atoms with E-state index in [9.17, 15) is 13.2 Å². The van der Waals surface area contributed by atoms with Crippen LogP contribution in [0.25, 0.3) is 0 Å². The summed E-state index contributed by atoms with van der Waals surface area (Å²) in [4.78, 5) is 2.04. The van der Waals surface area contributed by atoms with E-state index >= 15 is 0 Å². The molecule has 0 aromatic heterocycles. The fourth-order valence-electron chi connectivity index (χ4n) is 2.46. The van der Waals surface area contributed by atoms with Gasteiger partial charge < -0.3 is 4.90 Å². The maximum Gasteiger partial charge on any atom is 0.395 e. The Hall–Kier alpha value is -1.19. The first-order valence-electron chi connectivity index (χ1n) is 5.83. The number of halogens is 3. The van der Waals surface area contributed by atoms with Crippen LogP contribution in [0.2, 0.25) is 0 Å². The van der Waals surface area contributed by atoms with Gasteiger partial charge in [0.2, 0.25) is 0 Å². The van der Waals surface area contributed by atoms with Crippen molar-refractivity contribution in [2.24, 2.45) is 0 Å². The molecule has 1 aliphatic rings. The van der Waals surface area contributed by atoms with Crippen molar-refractivity contribution in [3.63, 3.8) is 0 Å². The van der Waals surface area contributed by atoms with Crippen molar-refractivity contribution in [3.8, 4) is 0 Å². The number of benzene rings is 1. The second-order valence-electron chi connectivity index (χ2n) is 4.73. The lowest BCUT2D eigenvalue weighted by Crippen LogP contribution is -2.39. The molecular formula is C13H16F3N. The van der Waals surface area contributed by atoms with Crippen molar-refractivity contribution in [1.82, 2.24) is 0 Å². The van der Waals surface area contributed by atoms with Crippen molar-refractivity contribution in [1.29, 1.82) is 0 Å². The lowest BCUT2D eigenvalue weighted by atomic mass is 9.89. The Morgan fingerprint density at radius 3 is 2.47 bits per heavy atom. The molecule has 1 atom stereocenters. The first-order chi connectivity index (χ1) is 7.91. The highest BCUT2D eigenvalue weighted by molar-refractivity contribution is 5.58. The minimum atomic E-state index is -4.14. The third-order valence-corrected chi connectivity index (χ3v) is 3.30. The molecule has 0 bridgehead atoms. The highest BCUT2D eigenvalue weighted by atomic mass is 19.4. The van der Waals surface area contributed by atoms with Crippen LogP contribution in [0.15, 0.2) is 24.3 Å². The number of alkyl halides is 3. The van der Waals surface area contributed by atoms with E-state index < -0.39 is 12.1 Å². The number of nitrogens with zero attached hydrogens (tertiary/aromatic N) is 1. The van der Waals surface area contributed by atoms with E-state index in [1.54, 1.807) is 24.3 Å². The molecule has 0 saturated heterocycles. The van der Waals surface area contributed by atoms with Gasteiger partial charge in [0.15, 0.2) is 0 Å². The Morgan fingerprint density at radius 2 is 1.88 bits per heavy atom. The van der Waals surface area contributed by atoms with E-state index in [-0.39, 0.29) is 12.5 Å². The van der Waals surface area contributed by atoms with Crippen LogP contribution in [0.4, 0.5) is 18.9 Å². The highest BCUT2D eigenvalue weighted by Gasteiger charge is 2.44. The lowest BCUT2D eigenvalue weighted by Gasteiger charge is -2.38. The summed E-state index contributed by atoms with van der Waals surface area (Å²) in [5.41, 5.74) is 1.15. The van der Waals surface area contributed by atoms with E-state index in [0.717, 1.165) is 5.69 Å². The van der Waals surface area contributed by atoms with E-state index in [0.29, 0.717) is 12.1 Å². The van der Waals surface area contributed by atoms with Crippen molar-refractivity contribution in [2.75, 3.05) is 11.4 Å². The Kier molecular flexibility index (Phi) is 3.06. The molecule has 1 aromatic carbocycles. The summed E-state index contributed by atoms with van der Waals surface area (Å²) in [6.07, 6.45) is -3.99. The van der Waals surface area contributed by atoms with Gasteiger partial charge in [-0.05, 0) is 31.9 Å². The average Bonchev–Trinajstić information content (AvgIpc) is 2.26. The van der Waals surface area contributed by atoms with Crippen molar-refractivity contribution in [3.05, 3.63) is 29.8 Å². The summed E-state index contributed by atoms with van der Waals surface area (Å²) in [6, 6.07) is 7.09. The minimum Gasteiger partial charge on any atom is -0.369 e. The smallest absolute Gasteiger partial charge is 0.369 e. The zero-order chi connectivity index (χ0) is 12.6. The zero-order valence-corrected chi connectivity index (χ0v) is 9.96. The van der Waals surface area contributed by atoms with Gasteiger partial charge in [0.1, 0.15) is 0 Å². The van der Waals surface area contributed by atoms with Gasteiger partial charge in [-0.1, -0.05) is 18.2 Å². The Morgan fingerprint density at radius 1 is 1.24 bits per heavy atom. The summed E-state index contributed by atoms with van der Waals surface area (Å²) in [5.74, 6) is -1.31. The van der Waals surface area contributed by atoms with Crippen molar-refractivity contribution >= 4 is 5.69 Å². The van der Waals surface area contributed by atoms with E-state index in [2.05, 4.69) is 0 Å². The van der Waals surface area contributed by atoms with Crippen molar-refractivity contribution in [2.45, 2.75) is 38.4 Å². The van der Waals surface area contributed by atoms with Crippen LogP contribution in [0.3, 0.4) is 0 Å². The standard InChI is InChI=1S/C13H16F3N/c1-9(2)17-8-7-11(13(14,15)16)10-5-3-4-6-12(10)17/h3-6,9,11H,7-8H2,1-2H3. The largest absolute Gasteiger partial charge is 0.395 e. The maximum absolute atomic E-state index is 12.9. The molecule has 0 fully saturated rings. The normalized spacial score (nSPS) is 20.6. The molecule has 0 radical (unpaired) electrons. The molecule has 0 N–H and O–H groups in total. The van der Waals surface area contributed by atoms with Gasteiger partial charge in [-0.2, -0.15) is 13.2 Å². The third kappa shape index (κ3) is 2.26. The predicted molar refractivity (Wildman–Crippen MR) is 62.3 cm³/mol. The fourth-order valence-corrected chi connectivity index (χ4v) is 2.46. The first kappa shape index (κ1) is 12.3. The number of hydrogen-bond donors (Lipinski definition) is 0. The second-order valence-corrected chi connectivity index (χ2v) is 4.73. The van der Waals surface area contributed by atoms with E-state index in [1.807, 2.05) is 18.7 Å². The molecule has 0 saturated carbocycles. The highest BCUT2D eigenvalue weighted by Crippen LogP contribution is 2.44. The lowest BCUT2D eigenvalue weighted by molar-refractivity contribution is -0.152. The van der Waals surface area contributed by atoms with Gasteiger partial charge in [0.05, 0.1) is 5.92 Å². The fraction of sp³-hybridized carbons (Fsp3) is 0.538. The number of fused-ring (bicyclic) bond motifs is 1. The molecule has 1 heterocycles. The summed E-state index contributed by atoms with van der Waals surface area (Å²) < 4.78 is 38.8. The predicted octanol–water partition coefficient (Wildman–Crippen LogP) is 3.95. The van der Waals surface area contributed by atoms with Crippen LogP contribution in [-0.4, -0.2) is 18.8 Å². The molecule has 2 rings (SSSR count). The van der Waals surface area contributed by atoms with Gasteiger partial charge in [-0.3, -0.25) is 0 Å². The minimum absolute atomic E-state index is 0.151. The SMILES string of the molecule is CC(C)N1CCC(C(F)(F)F)c2ccccc21. The number of anilines is 1. The molecule has 17 heavy (non-hydrogen) atoms. The summed E-state index contributed by atoms with van der Waals surface area (Å²) in [5, 5.41) is 0. The molecule has 4 heteroatoms. The first-order valence-corrected chi connectivity index (χ1v) is 5.83. The molecule has 0 aliphatic carbocycles. The van der Waals surface area contributed by atoms with Crippen LogP contribution in [0, 0.1) is 0 Å². The molecular weight excluding hydrogens is 227 g/mol. The van der Waals surface area contributed by atoms with Gasteiger partial charge in [-0.15, -0.1) is 0 Å². The van der Waals surface area contributed by atoms with Crippen LogP contribution in [0.1, 0.15) is 31.7 Å². The third-order valence-electron chi connectivity index (χ3n) is 3.30. The second kappa shape index (κ2) is 4.24. The average molecular weight is 243 g/mol. The summed E-state index contributed by atoms with van der Waals surface area (Å²) in [6.45, 7) is 4.48. The molecule has 1 aliphatic heterocycles. The molecule has 1 unspecified atom stereocenters. The molecule has 0 amide bonds. The quantitative estimate of drug-likeness (QED) is 0.721. The van der Waals surface area contributed by atoms with E-state index in [4.69, 9.17) is 0 Å². The monoisotopic (exact) mass is 243 g/mol. The topological polar surface area (TPSA) is 3.24 Å². The van der Waals surface area contributed by atoms with Gasteiger partial charge >= 0.3 is 6.18 Å². The van der Waals surface area contributed by atoms with Crippen LogP contribution in [-0.2, 0) is 0 Å². The number of hydrogen-bond acceptors (Lipinski definition) is 1. The Bertz CT molecular complexity index is 398. The van der Waals surface area contributed by atoms with Crippen LogP contribution >= 0.6 is 0 Å². The number of para-hydroxylation sites is 1. The van der Waals surface area contributed by atoms with Gasteiger partial charge in [0.25, 0.3) is 0 Å². The Balaban J connectivity index is 2.44. The maximum atomic E-state index is 12.9. The Labute approximate surface area is 99.2 Å². The molecule has 1 aromatic rings. The molecule has 1 nitrogen and oxygen atoms in total. The van der Waals surface area contributed by atoms with Gasteiger partial charge in [0, 0.05) is 18.3 Å². The van der Waals surface area contributed by atoms with E-state index in [1.165, 1.54) is 0 Å². The molecule has 94 valence electrons. The van der Waals surface area contributed by atoms with Crippen LogP contribution in [0.5, 0.6) is 0 Å².